The third kappa shape index (κ3) is 4.50. The van der Waals surface area contributed by atoms with Crippen LogP contribution in [0, 0.1) is 0 Å². The van der Waals surface area contributed by atoms with Crippen molar-refractivity contribution in [3.63, 3.8) is 0 Å². The van der Waals surface area contributed by atoms with Gasteiger partial charge in [-0.05, 0) is 6.92 Å². The normalized spacial score (nSPS) is 24.4. The minimum absolute atomic E-state index is 0.0827. The molecule has 2 unspecified atom stereocenters. The number of ether oxygens (including phenoxy) is 1. The molecule has 0 aliphatic carbocycles. The van der Waals surface area contributed by atoms with Crippen molar-refractivity contribution in [3.05, 3.63) is 0 Å². The molecule has 0 aromatic carbocycles. The summed E-state index contributed by atoms with van der Waals surface area (Å²) in [6.07, 6.45) is -0.837. The lowest BCUT2D eigenvalue weighted by Gasteiger charge is -2.03. The zero-order chi connectivity index (χ0) is 12.0. The van der Waals surface area contributed by atoms with E-state index in [4.69, 9.17) is 4.74 Å². The Hall–Kier alpha value is -0.600. The molecule has 1 aliphatic rings. The van der Waals surface area contributed by atoms with E-state index in [1.165, 1.54) is 11.8 Å². The second kappa shape index (κ2) is 6.87. The van der Waals surface area contributed by atoms with Crippen molar-refractivity contribution < 1.29 is 18.6 Å². The fourth-order valence-corrected chi connectivity index (χ4v) is 2.11. The quantitative estimate of drug-likeness (QED) is 0.603. The first-order chi connectivity index (χ1) is 7.63. The molecule has 0 radical (unpaired) electrons. The highest BCUT2D eigenvalue weighted by molar-refractivity contribution is 8.14. The van der Waals surface area contributed by atoms with Gasteiger partial charge in [0.1, 0.15) is 11.1 Å². The van der Waals surface area contributed by atoms with Crippen molar-refractivity contribution in [1.29, 1.82) is 0 Å². The number of hydrogen-bond acceptors (Lipinski definition) is 6. The average molecular weight is 266 g/mol. The molecule has 6 nitrogen and oxygen atoms in total. The fourth-order valence-electron chi connectivity index (χ4n) is 0.846. The summed E-state index contributed by atoms with van der Waals surface area (Å²) in [7, 11) is -1.05. The van der Waals surface area contributed by atoms with E-state index in [1.807, 2.05) is 6.92 Å². The predicted molar refractivity (Wildman–Crippen MR) is 63.6 cm³/mol. The summed E-state index contributed by atoms with van der Waals surface area (Å²) in [6, 6.07) is 0. The van der Waals surface area contributed by atoms with Gasteiger partial charge in [-0.25, -0.2) is 4.79 Å². The number of nitrogens with one attached hydrogen (secondary N) is 1. The third-order valence-electron chi connectivity index (χ3n) is 1.79. The maximum absolute atomic E-state index is 11.1. The summed E-state index contributed by atoms with van der Waals surface area (Å²) >= 11 is 1.38. The van der Waals surface area contributed by atoms with Crippen LogP contribution in [0.3, 0.4) is 0 Å². The second-order valence-corrected chi connectivity index (χ2v) is 5.62. The van der Waals surface area contributed by atoms with Gasteiger partial charge in [-0.1, -0.05) is 23.8 Å². The van der Waals surface area contributed by atoms with Crippen LogP contribution in [-0.4, -0.2) is 39.0 Å². The molecule has 0 bridgehead atoms. The lowest BCUT2D eigenvalue weighted by Crippen LogP contribution is -2.27. The maximum atomic E-state index is 11.1. The minimum atomic E-state index is -1.05. The van der Waals surface area contributed by atoms with Crippen LogP contribution in [0.1, 0.15) is 13.8 Å². The van der Waals surface area contributed by atoms with Crippen molar-refractivity contribution in [2.75, 3.05) is 17.6 Å². The van der Waals surface area contributed by atoms with Gasteiger partial charge in [0, 0.05) is 16.6 Å². The fraction of sp³-hybridized carbons (Fsp3) is 0.750. The highest BCUT2D eigenvalue weighted by Crippen LogP contribution is 2.19. The summed E-state index contributed by atoms with van der Waals surface area (Å²) in [6.45, 7) is 3.60. The van der Waals surface area contributed by atoms with Crippen LogP contribution in [0.5, 0.6) is 0 Å². The first-order valence-electron chi connectivity index (χ1n) is 4.75. The van der Waals surface area contributed by atoms with Crippen LogP contribution >= 0.6 is 11.8 Å². The number of hydrogen-bond donors (Lipinski definition) is 1. The first kappa shape index (κ1) is 13.5. The Balaban J connectivity index is 2.27. The third-order valence-corrected chi connectivity index (χ3v) is 3.86. The molecule has 1 fully saturated rings. The molecule has 0 aromatic heterocycles. The van der Waals surface area contributed by atoms with Crippen LogP contribution in [0.2, 0.25) is 0 Å². The van der Waals surface area contributed by atoms with Gasteiger partial charge in [0.05, 0.1) is 11.8 Å². The number of thioether (sulfide) groups is 1. The number of nitrogens with zero attached hydrogens (tertiary/aromatic N) is 1. The second-order valence-electron chi connectivity index (χ2n) is 2.93. The van der Waals surface area contributed by atoms with E-state index in [0.717, 1.165) is 0 Å². The summed E-state index contributed by atoms with van der Waals surface area (Å²) in [5.74, 6) is 1.10. The van der Waals surface area contributed by atoms with E-state index in [9.17, 15) is 9.00 Å². The maximum Gasteiger partial charge on any atom is 0.434 e. The van der Waals surface area contributed by atoms with Crippen molar-refractivity contribution in [2.24, 2.45) is 5.16 Å². The molecule has 1 rings (SSSR count). The van der Waals surface area contributed by atoms with Crippen molar-refractivity contribution in [2.45, 2.75) is 20.0 Å². The summed E-state index contributed by atoms with van der Waals surface area (Å²) in [5.41, 5.74) is 0. The highest BCUT2D eigenvalue weighted by atomic mass is 32.2. The van der Waals surface area contributed by atoms with E-state index in [-0.39, 0.29) is 12.0 Å². The van der Waals surface area contributed by atoms with E-state index in [2.05, 4.69) is 15.3 Å². The number of oxime groups is 1. The lowest BCUT2D eigenvalue weighted by molar-refractivity contribution is 0.144. The number of rotatable bonds is 4. The molecule has 8 heteroatoms. The molecule has 92 valence electrons. The zero-order valence-electron chi connectivity index (χ0n) is 9.10. The van der Waals surface area contributed by atoms with Crippen molar-refractivity contribution in [1.82, 2.24) is 5.32 Å². The largest absolute Gasteiger partial charge is 0.434 e. The van der Waals surface area contributed by atoms with E-state index in [0.29, 0.717) is 16.7 Å². The van der Waals surface area contributed by atoms with Gasteiger partial charge in [-0.2, -0.15) is 0 Å². The average Bonchev–Trinajstić information content (AvgIpc) is 2.69. The Morgan fingerprint density at radius 2 is 2.56 bits per heavy atom. The minimum Gasteiger partial charge on any atom is -0.361 e. The molecular formula is C8H14N2O4S2. The summed E-state index contributed by atoms with van der Waals surface area (Å²) in [4.78, 5) is 15.7. The summed E-state index contributed by atoms with van der Waals surface area (Å²) < 4.78 is 16.2. The van der Waals surface area contributed by atoms with Gasteiger partial charge in [0.2, 0.25) is 0 Å². The van der Waals surface area contributed by atoms with Crippen molar-refractivity contribution >= 4 is 33.7 Å². The number of amides is 1. The molecule has 0 saturated carbocycles. The van der Waals surface area contributed by atoms with Crippen molar-refractivity contribution in [3.8, 4) is 0 Å². The number of carbonyl (C=O) groups is 1. The van der Waals surface area contributed by atoms with E-state index < -0.39 is 16.9 Å². The van der Waals surface area contributed by atoms with Gasteiger partial charge in [0.25, 0.3) is 0 Å². The van der Waals surface area contributed by atoms with Gasteiger partial charge in [0.15, 0.2) is 0 Å². The van der Waals surface area contributed by atoms with E-state index in [1.54, 1.807) is 6.92 Å². The van der Waals surface area contributed by atoms with Gasteiger partial charge in [-0.3, -0.25) is 9.05 Å². The Labute approximate surface area is 101 Å². The molecule has 1 heterocycles. The molecule has 1 saturated heterocycles. The Kier molecular flexibility index (Phi) is 5.78. The molecule has 1 N–H and O–H groups in total. The van der Waals surface area contributed by atoms with Gasteiger partial charge < -0.3 is 10.1 Å². The summed E-state index contributed by atoms with van der Waals surface area (Å²) in [5, 5.41) is 6.64. The Morgan fingerprint density at radius 1 is 1.81 bits per heavy atom. The molecule has 0 aromatic rings. The molecular weight excluding hydrogens is 252 g/mol. The van der Waals surface area contributed by atoms with Crippen LogP contribution in [0.15, 0.2) is 5.16 Å². The van der Waals surface area contributed by atoms with Crippen LogP contribution in [0.4, 0.5) is 4.79 Å². The van der Waals surface area contributed by atoms with Gasteiger partial charge >= 0.3 is 6.09 Å². The van der Waals surface area contributed by atoms with Crippen LogP contribution < -0.4 is 5.32 Å². The molecule has 1 amide bonds. The highest BCUT2D eigenvalue weighted by Gasteiger charge is 2.20. The molecule has 1 aliphatic heterocycles. The standard InChI is InChI=1S/C8H14N2O4S2/c1-3-16(12)4-9-8(11)14-10-7-6(2)13-5-15-7/h6H,3-5H2,1-2H3,(H,9,11). The molecule has 2 atom stereocenters. The van der Waals surface area contributed by atoms with Crippen LogP contribution in [-0.2, 0) is 20.4 Å². The smallest absolute Gasteiger partial charge is 0.361 e. The topological polar surface area (TPSA) is 77.0 Å². The first-order valence-corrected chi connectivity index (χ1v) is 7.23. The Bertz CT molecular complexity index is 308. The SMILES string of the molecule is CCS(=O)CNC(=O)ON=C1SCOC1C. The number of carbonyl (C=O) groups excluding carboxylic acids is 1. The van der Waals surface area contributed by atoms with Gasteiger partial charge in [-0.15, -0.1) is 0 Å². The monoisotopic (exact) mass is 266 g/mol. The predicted octanol–water partition coefficient (Wildman–Crippen LogP) is 0.862. The van der Waals surface area contributed by atoms with Crippen LogP contribution in [0.25, 0.3) is 0 Å². The zero-order valence-corrected chi connectivity index (χ0v) is 10.7. The molecule has 0 spiro atoms. The molecule has 16 heavy (non-hydrogen) atoms. The van der Waals surface area contributed by atoms with E-state index >= 15 is 0 Å². The lowest BCUT2D eigenvalue weighted by atomic mass is 10.4. The Morgan fingerprint density at radius 3 is 3.12 bits per heavy atom.